The van der Waals surface area contributed by atoms with Crippen molar-refractivity contribution in [3.05, 3.63) is 12.2 Å². The minimum absolute atomic E-state index is 0.455. The second-order valence-corrected chi connectivity index (χ2v) is 4.11. The summed E-state index contributed by atoms with van der Waals surface area (Å²) in [4.78, 5) is 6.53. The summed E-state index contributed by atoms with van der Waals surface area (Å²) < 4.78 is 0. The average molecular weight is 196 g/mol. The minimum Gasteiger partial charge on any atom is -0.390 e. The molecule has 0 atom stereocenters. The van der Waals surface area contributed by atoms with Gasteiger partial charge in [0.15, 0.2) is 0 Å². The fourth-order valence-corrected chi connectivity index (χ4v) is 1.49. The van der Waals surface area contributed by atoms with Crippen LogP contribution in [0.5, 0.6) is 0 Å². The minimum atomic E-state index is -0.455. The maximum Gasteiger partial charge on any atom is 0.0909 e. The van der Waals surface area contributed by atoms with Crippen LogP contribution in [-0.4, -0.2) is 41.6 Å². The third kappa shape index (κ3) is 4.03. The Morgan fingerprint density at radius 2 is 2.07 bits per heavy atom. The van der Waals surface area contributed by atoms with Gasteiger partial charge in [0.1, 0.15) is 0 Å². The van der Waals surface area contributed by atoms with Gasteiger partial charge < -0.3 is 5.11 Å². The lowest BCUT2D eigenvalue weighted by atomic mass is 9.94. The van der Waals surface area contributed by atoms with E-state index in [-0.39, 0.29) is 0 Å². The molecule has 0 aromatic rings. The number of piperidine rings is 1. The lowest BCUT2D eigenvalue weighted by Crippen LogP contribution is -2.42. The molecular weight excluding hydrogens is 176 g/mol. The summed E-state index contributed by atoms with van der Waals surface area (Å²) in [6.07, 6.45) is 7.43. The van der Waals surface area contributed by atoms with Crippen LogP contribution in [0, 0.1) is 0 Å². The SMILES string of the molecule is C/C=C\C=NCN1CCC(C)(O)CC1. The molecule has 3 nitrogen and oxygen atoms in total. The first-order valence-electron chi connectivity index (χ1n) is 5.20. The largest absolute Gasteiger partial charge is 0.390 e. The van der Waals surface area contributed by atoms with Crippen molar-refractivity contribution in [3.63, 3.8) is 0 Å². The molecule has 0 aliphatic carbocycles. The van der Waals surface area contributed by atoms with Gasteiger partial charge in [0, 0.05) is 19.3 Å². The number of aliphatic hydroxyl groups is 1. The summed E-state index contributed by atoms with van der Waals surface area (Å²) in [5.74, 6) is 0. The van der Waals surface area contributed by atoms with Gasteiger partial charge in [-0.3, -0.25) is 9.89 Å². The first-order valence-corrected chi connectivity index (χ1v) is 5.20. The van der Waals surface area contributed by atoms with Crippen molar-refractivity contribution in [3.8, 4) is 0 Å². The van der Waals surface area contributed by atoms with Crippen molar-refractivity contribution in [2.24, 2.45) is 4.99 Å². The number of hydrogen-bond acceptors (Lipinski definition) is 3. The number of likely N-dealkylation sites (tertiary alicyclic amines) is 1. The van der Waals surface area contributed by atoms with Crippen LogP contribution in [0.4, 0.5) is 0 Å². The van der Waals surface area contributed by atoms with Crippen LogP contribution in [-0.2, 0) is 0 Å². The molecule has 1 rings (SSSR count). The van der Waals surface area contributed by atoms with E-state index in [0.717, 1.165) is 32.6 Å². The van der Waals surface area contributed by atoms with E-state index in [4.69, 9.17) is 0 Å². The highest BCUT2D eigenvalue weighted by atomic mass is 16.3. The Hall–Kier alpha value is -0.670. The molecule has 1 heterocycles. The third-order valence-electron chi connectivity index (χ3n) is 2.60. The first-order chi connectivity index (χ1) is 6.64. The highest BCUT2D eigenvalue weighted by molar-refractivity contribution is 5.70. The normalized spacial score (nSPS) is 23.6. The van der Waals surface area contributed by atoms with Crippen molar-refractivity contribution >= 4 is 6.21 Å². The van der Waals surface area contributed by atoms with Crippen molar-refractivity contribution in [1.82, 2.24) is 4.90 Å². The van der Waals surface area contributed by atoms with Gasteiger partial charge >= 0.3 is 0 Å². The predicted octanol–water partition coefficient (Wildman–Crippen LogP) is 1.44. The lowest BCUT2D eigenvalue weighted by Gasteiger charge is -2.34. The quantitative estimate of drug-likeness (QED) is 0.693. The lowest BCUT2D eigenvalue weighted by molar-refractivity contribution is -0.00440. The number of allylic oxidation sites excluding steroid dienone is 2. The zero-order chi connectivity index (χ0) is 10.4. The van der Waals surface area contributed by atoms with Crippen LogP contribution >= 0.6 is 0 Å². The third-order valence-corrected chi connectivity index (χ3v) is 2.60. The molecule has 1 N–H and O–H groups in total. The average Bonchev–Trinajstić information content (AvgIpc) is 2.15. The van der Waals surface area contributed by atoms with Crippen LogP contribution in [0.1, 0.15) is 26.7 Å². The molecule has 0 aromatic carbocycles. The van der Waals surface area contributed by atoms with Gasteiger partial charge in [-0.05, 0) is 32.8 Å². The van der Waals surface area contributed by atoms with Gasteiger partial charge in [-0.1, -0.05) is 6.08 Å². The highest BCUT2D eigenvalue weighted by Gasteiger charge is 2.26. The Bertz CT molecular complexity index is 211. The zero-order valence-electron chi connectivity index (χ0n) is 9.11. The molecule has 1 saturated heterocycles. The van der Waals surface area contributed by atoms with E-state index in [1.807, 2.05) is 32.2 Å². The Morgan fingerprint density at radius 3 is 2.64 bits per heavy atom. The molecule has 0 amide bonds. The van der Waals surface area contributed by atoms with E-state index in [9.17, 15) is 5.11 Å². The summed E-state index contributed by atoms with van der Waals surface area (Å²) in [7, 11) is 0. The van der Waals surface area contributed by atoms with Gasteiger partial charge in [-0.2, -0.15) is 0 Å². The van der Waals surface area contributed by atoms with Crippen molar-refractivity contribution in [2.45, 2.75) is 32.3 Å². The summed E-state index contributed by atoms with van der Waals surface area (Å²) in [6, 6.07) is 0. The van der Waals surface area contributed by atoms with Crippen LogP contribution in [0.3, 0.4) is 0 Å². The topological polar surface area (TPSA) is 35.8 Å². The second kappa shape index (κ2) is 5.27. The second-order valence-electron chi connectivity index (χ2n) is 4.11. The number of aliphatic imine (C=N–C) groups is 1. The van der Waals surface area contributed by atoms with Crippen LogP contribution in [0.2, 0.25) is 0 Å². The van der Waals surface area contributed by atoms with E-state index in [1.54, 1.807) is 0 Å². The Morgan fingerprint density at radius 1 is 1.43 bits per heavy atom. The van der Waals surface area contributed by atoms with Gasteiger partial charge in [0.05, 0.1) is 12.3 Å². The van der Waals surface area contributed by atoms with Crippen molar-refractivity contribution in [2.75, 3.05) is 19.8 Å². The molecule has 1 aliphatic heterocycles. The summed E-state index contributed by atoms with van der Waals surface area (Å²) in [6.45, 7) is 6.53. The Kier molecular flexibility index (Phi) is 4.29. The van der Waals surface area contributed by atoms with Gasteiger partial charge in [0.2, 0.25) is 0 Å². The van der Waals surface area contributed by atoms with E-state index in [1.165, 1.54) is 0 Å². The number of rotatable bonds is 3. The molecular formula is C11H20N2O. The van der Waals surface area contributed by atoms with E-state index in [2.05, 4.69) is 9.89 Å². The predicted molar refractivity (Wildman–Crippen MR) is 59.6 cm³/mol. The van der Waals surface area contributed by atoms with Crippen LogP contribution < -0.4 is 0 Å². The standard InChI is InChI=1S/C11H20N2O/c1-3-4-7-12-10-13-8-5-11(2,14)6-9-13/h3-4,7,14H,5-6,8-10H2,1-2H3/b4-3-,12-7?. The molecule has 3 heteroatoms. The Balaban J connectivity index is 2.22. The summed E-state index contributed by atoms with van der Waals surface area (Å²) in [5.41, 5.74) is -0.455. The molecule has 1 fully saturated rings. The Labute approximate surface area is 86.1 Å². The van der Waals surface area contributed by atoms with Crippen LogP contribution in [0.25, 0.3) is 0 Å². The summed E-state index contributed by atoms with van der Waals surface area (Å²) in [5, 5.41) is 9.73. The van der Waals surface area contributed by atoms with E-state index in [0.29, 0.717) is 0 Å². The fraction of sp³-hybridized carbons (Fsp3) is 0.727. The molecule has 0 saturated carbocycles. The smallest absolute Gasteiger partial charge is 0.0909 e. The van der Waals surface area contributed by atoms with Gasteiger partial charge in [-0.25, -0.2) is 0 Å². The molecule has 0 bridgehead atoms. The fourth-order valence-electron chi connectivity index (χ4n) is 1.49. The molecule has 14 heavy (non-hydrogen) atoms. The number of nitrogens with zero attached hydrogens (tertiary/aromatic N) is 2. The van der Waals surface area contributed by atoms with E-state index >= 15 is 0 Å². The first kappa shape index (κ1) is 11.4. The molecule has 0 aromatic heterocycles. The zero-order valence-corrected chi connectivity index (χ0v) is 9.11. The maximum absolute atomic E-state index is 9.73. The summed E-state index contributed by atoms with van der Waals surface area (Å²) >= 11 is 0. The molecule has 80 valence electrons. The molecule has 1 aliphatic rings. The van der Waals surface area contributed by atoms with Crippen molar-refractivity contribution in [1.29, 1.82) is 0 Å². The maximum atomic E-state index is 9.73. The number of hydrogen-bond donors (Lipinski definition) is 1. The highest BCUT2D eigenvalue weighted by Crippen LogP contribution is 2.20. The molecule has 0 spiro atoms. The molecule has 0 radical (unpaired) electrons. The van der Waals surface area contributed by atoms with Gasteiger partial charge in [-0.15, -0.1) is 0 Å². The van der Waals surface area contributed by atoms with Crippen LogP contribution in [0.15, 0.2) is 17.1 Å². The van der Waals surface area contributed by atoms with E-state index < -0.39 is 5.60 Å². The monoisotopic (exact) mass is 196 g/mol. The van der Waals surface area contributed by atoms with Gasteiger partial charge in [0.25, 0.3) is 0 Å². The molecule has 0 unspecified atom stereocenters. The van der Waals surface area contributed by atoms with Crippen molar-refractivity contribution < 1.29 is 5.11 Å².